The van der Waals surface area contributed by atoms with Gasteiger partial charge in [-0.3, -0.25) is 24.2 Å². The summed E-state index contributed by atoms with van der Waals surface area (Å²) >= 11 is 0.930. The van der Waals surface area contributed by atoms with Gasteiger partial charge >= 0.3 is 11.9 Å². The first-order valence-electron chi connectivity index (χ1n) is 14.9. The summed E-state index contributed by atoms with van der Waals surface area (Å²) in [6, 6.07) is -0.745. The topological polar surface area (TPSA) is 200 Å². The van der Waals surface area contributed by atoms with Gasteiger partial charge in [0.15, 0.2) is 0 Å². The number of hydrogen-bond donors (Lipinski definition) is 6. The molecule has 0 aromatic carbocycles. The Bertz CT molecular complexity index is 923. The van der Waals surface area contributed by atoms with Crippen LogP contribution in [0.25, 0.3) is 0 Å². The lowest BCUT2D eigenvalue weighted by molar-refractivity contribution is -0.192. The Morgan fingerprint density at radius 1 is 0.791 bits per heavy atom. The molecule has 9 atom stereocenters. The first-order valence-corrected chi connectivity index (χ1v) is 16.0. The largest absolute Gasteiger partial charge is 0.463 e. The van der Waals surface area contributed by atoms with Gasteiger partial charge in [-0.15, -0.1) is 11.8 Å². The molecule has 0 radical (unpaired) electrons. The second-order valence-corrected chi connectivity index (χ2v) is 12.6. The molecule has 0 aromatic heterocycles. The van der Waals surface area contributed by atoms with Crippen LogP contribution in [0, 0.1) is 0 Å². The maximum Gasteiger partial charge on any atom is 0.319 e. The van der Waals surface area contributed by atoms with Crippen molar-refractivity contribution in [3.63, 3.8) is 0 Å². The molecule has 1 unspecified atom stereocenters. The van der Waals surface area contributed by atoms with E-state index in [-0.39, 0.29) is 50.0 Å². The minimum atomic E-state index is -1.28. The lowest BCUT2D eigenvalue weighted by Gasteiger charge is -2.44. The average Bonchev–Trinajstić information content (AvgIpc) is 3.01. The van der Waals surface area contributed by atoms with Crippen molar-refractivity contribution in [3.05, 3.63) is 0 Å². The number of aliphatic hydroxyl groups excluding tert-OH is 4. The molecule has 4 fully saturated rings. The SMILES string of the molecule is CC(=O)CSC(CC(=O)OC[C@H]1OC[C@@H](N2CCNCC2)[C@@H](O)[C@H]1O)C(=O)OC[C@H]1OC[C@@H](N2CCNCC2)[C@@H](O)[C@H]1O. The summed E-state index contributed by atoms with van der Waals surface area (Å²) < 4.78 is 22.1. The lowest BCUT2D eigenvalue weighted by atomic mass is 9.96. The Morgan fingerprint density at radius 2 is 1.26 bits per heavy atom. The van der Waals surface area contributed by atoms with E-state index >= 15 is 0 Å². The van der Waals surface area contributed by atoms with Crippen LogP contribution in [0.15, 0.2) is 0 Å². The molecule has 0 saturated carbocycles. The molecule has 246 valence electrons. The number of ether oxygens (including phenoxy) is 4. The van der Waals surface area contributed by atoms with Crippen molar-refractivity contribution in [2.75, 3.05) is 84.5 Å². The molecule has 4 rings (SSSR count). The van der Waals surface area contributed by atoms with Crippen LogP contribution in [-0.4, -0.2) is 186 Å². The first kappa shape index (κ1) is 34.4. The van der Waals surface area contributed by atoms with Crippen LogP contribution in [0.1, 0.15) is 13.3 Å². The Labute approximate surface area is 255 Å². The van der Waals surface area contributed by atoms with Gasteiger partial charge in [-0.1, -0.05) is 0 Å². The van der Waals surface area contributed by atoms with Gasteiger partial charge in [-0.25, -0.2) is 0 Å². The van der Waals surface area contributed by atoms with E-state index in [4.69, 9.17) is 18.9 Å². The van der Waals surface area contributed by atoms with Crippen molar-refractivity contribution in [3.8, 4) is 0 Å². The predicted octanol–water partition coefficient (Wildman–Crippen LogP) is -4.06. The fourth-order valence-corrected chi connectivity index (χ4v) is 6.66. The minimum absolute atomic E-state index is 0.0370. The van der Waals surface area contributed by atoms with Crippen molar-refractivity contribution < 1.29 is 53.8 Å². The van der Waals surface area contributed by atoms with Crippen LogP contribution in [0.5, 0.6) is 0 Å². The minimum Gasteiger partial charge on any atom is -0.463 e. The second-order valence-electron chi connectivity index (χ2n) is 11.4. The molecule has 0 aromatic rings. The number of rotatable bonds is 12. The van der Waals surface area contributed by atoms with Gasteiger partial charge in [-0.05, 0) is 6.92 Å². The fourth-order valence-electron chi connectivity index (χ4n) is 5.77. The van der Waals surface area contributed by atoms with E-state index in [1.54, 1.807) is 0 Å². The molecule has 0 aliphatic carbocycles. The molecule has 0 bridgehead atoms. The monoisotopic (exact) mass is 634 g/mol. The Hall–Kier alpha value is -1.44. The predicted molar refractivity (Wildman–Crippen MR) is 153 cm³/mol. The third-order valence-electron chi connectivity index (χ3n) is 8.35. The number of carbonyl (C=O) groups is 3. The number of aliphatic hydroxyl groups is 4. The quantitative estimate of drug-likeness (QED) is 0.113. The number of carbonyl (C=O) groups excluding carboxylic acids is 3. The summed E-state index contributed by atoms with van der Waals surface area (Å²) in [5.41, 5.74) is 0. The molecular weight excluding hydrogens is 588 g/mol. The summed E-state index contributed by atoms with van der Waals surface area (Å²) in [6.07, 6.45) is -7.01. The van der Waals surface area contributed by atoms with Crippen LogP contribution >= 0.6 is 11.8 Å². The third kappa shape index (κ3) is 9.53. The zero-order valence-corrected chi connectivity index (χ0v) is 25.4. The number of nitrogens with one attached hydrogen (secondary N) is 2. The van der Waals surface area contributed by atoms with Crippen LogP contribution in [-0.2, 0) is 33.3 Å². The standard InChI is InChI=1S/C27H46N4O11S/c1-16(32)15-43-21(27(38)42-14-20-26(37)24(35)18(12-40-20)31-8-4-29-5-9-31)10-22(33)41-13-19-25(36)23(34)17(11-39-19)30-6-2-28-3-7-30/h17-21,23-26,28-29,34-37H,2-15H2,1H3/t17-,18-,19-,20-,21?,23-,24-,25+,26+/m1/s1. The molecule has 4 saturated heterocycles. The zero-order valence-electron chi connectivity index (χ0n) is 24.5. The molecule has 15 nitrogen and oxygen atoms in total. The van der Waals surface area contributed by atoms with Gasteiger partial charge in [0.2, 0.25) is 0 Å². The first-order chi connectivity index (χ1) is 20.7. The second kappa shape index (κ2) is 16.7. The summed E-state index contributed by atoms with van der Waals surface area (Å²) in [4.78, 5) is 41.3. The highest BCUT2D eigenvalue weighted by Crippen LogP contribution is 2.24. The maximum absolute atomic E-state index is 12.9. The molecule has 0 amide bonds. The molecule has 4 heterocycles. The van der Waals surface area contributed by atoms with Gasteiger partial charge in [0.1, 0.15) is 60.9 Å². The van der Waals surface area contributed by atoms with E-state index in [0.29, 0.717) is 13.1 Å². The van der Waals surface area contributed by atoms with Gasteiger partial charge < -0.3 is 50.0 Å². The highest BCUT2D eigenvalue weighted by molar-refractivity contribution is 8.01. The average molecular weight is 635 g/mol. The van der Waals surface area contributed by atoms with Crippen molar-refractivity contribution in [2.24, 2.45) is 0 Å². The highest BCUT2D eigenvalue weighted by Gasteiger charge is 2.43. The molecule has 0 spiro atoms. The number of nitrogens with zero attached hydrogens (tertiary/aromatic N) is 2. The van der Waals surface area contributed by atoms with E-state index < -0.39 is 60.2 Å². The Balaban J connectivity index is 1.24. The molecule has 16 heteroatoms. The van der Waals surface area contributed by atoms with Gasteiger partial charge in [0, 0.05) is 52.4 Å². The van der Waals surface area contributed by atoms with Crippen LogP contribution < -0.4 is 10.6 Å². The number of Topliss-reactive ketones (excluding diaryl/α,β-unsaturated/α-hetero) is 1. The number of esters is 2. The smallest absolute Gasteiger partial charge is 0.319 e. The molecule has 6 N–H and O–H groups in total. The van der Waals surface area contributed by atoms with Crippen molar-refractivity contribution in [1.82, 2.24) is 20.4 Å². The van der Waals surface area contributed by atoms with E-state index in [0.717, 1.165) is 51.0 Å². The lowest BCUT2D eigenvalue weighted by Crippen LogP contribution is -2.62. The van der Waals surface area contributed by atoms with E-state index in [1.165, 1.54) is 6.92 Å². The number of hydrogen-bond acceptors (Lipinski definition) is 16. The summed E-state index contributed by atoms with van der Waals surface area (Å²) in [6.45, 7) is 6.99. The van der Waals surface area contributed by atoms with Gasteiger partial charge in [0.05, 0.1) is 37.5 Å². The van der Waals surface area contributed by atoms with E-state index in [9.17, 15) is 34.8 Å². The van der Waals surface area contributed by atoms with Gasteiger partial charge in [-0.2, -0.15) is 0 Å². The van der Waals surface area contributed by atoms with Crippen LogP contribution in [0.2, 0.25) is 0 Å². The maximum atomic E-state index is 12.9. The molecule has 4 aliphatic heterocycles. The Kier molecular flexibility index (Phi) is 13.4. The van der Waals surface area contributed by atoms with E-state index in [1.807, 2.05) is 0 Å². The molecule has 4 aliphatic rings. The molecule has 43 heavy (non-hydrogen) atoms. The Morgan fingerprint density at radius 3 is 1.72 bits per heavy atom. The number of thioether (sulfide) groups is 1. The normalized spacial score (nSPS) is 35.2. The third-order valence-corrected chi connectivity index (χ3v) is 9.69. The van der Waals surface area contributed by atoms with Gasteiger partial charge in [0.25, 0.3) is 0 Å². The van der Waals surface area contributed by atoms with Crippen LogP contribution in [0.3, 0.4) is 0 Å². The van der Waals surface area contributed by atoms with Crippen molar-refractivity contribution >= 4 is 29.5 Å². The molecular formula is C27H46N4O11S. The van der Waals surface area contributed by atoms with Crippen molar-refractivity contribution in [2.45, 2.75) is 67.3 Å². The summed E-state index contributed by atoms with van der Waals surface area (Å²) in [5.74, 6) is -1.79. The highest BCUT2D eigenvalue weighted by atomic mass is 32.2. The zero-order chi connectivity index (χ0) is 30.9. The number of piperazine rings is 2. The number of ketones is 1. The van der Waals surface area contributed by atoms with Crippen molar-refractivity contribution in [1.29, 1.82) is 0 Å². The van der Waals surface area contributed by atoms with Crippen LogP contribution in [0.4, 0.5) is 0 Å². The summed E-state index contributed by atoms with van der Waals surface area (Å²) in [7, 11) is 0. The summed E-state index contributed by atoms with van der Waals surface area (Å²) in [5, 5.41) is 48.0. The fraction of sp³-hybridized carbons (Fsp3) is 0.889. The van der Waals surface area contributed by atoms with E-state index in [2.05, 4.69) is 20.4 Å².